The number of rotatable bonds is 14. The van der Waals surface area contributed by atoms with Gasteiger partial charge in [0.15, 0.2) is 5.96 Å². The Bertz CT molecular complexity index is 814. The Kier molecular flexibility index (Phi) is 11.9. The molecule has 10 N–H and O–H groups in total. The van der Waals surface area contributed by atoms with Crippen molar-refractivity contribution < 1.29 is 34.2 Å². The number of amides is 3. The molecular weight excluding hydrogens is 462 g/mol. The molecule has 14 nitrogen and oxygen atoms in total. The zero-order chi connectivity index (χ0) is 26.7. The summed E-state index contributed by atoms with van der Waals surface area (Å²) in [5.41, 5.74) is 16.4. The fourth-order valence-corrected chi connectivity index (χ4v) is 3.73. The normalized spacial score (nSPS) is 17.8. The third-order valence-electron chi connectivity index (χ3n) is 5.63. The Hall–Kier alpha value is -3.42. The van der Waals surface area contributed by atoms with Gasteiger partial charge in [-0.1, -0.05) is 13.8 Å². The summed E-state index contributed by atoms with van der Waals surface area (Å²) < 4.78 is 0. The van der Waals surface area contributed by atoms with Crippen LogP contribution in [0.2, 0.25) is 0 Å². The lowest BCUT2D eigenvalue weighted by Crippen LogP contribution is -2.57. The summed E-state index contributed by atoms with van der Waals surface area (Å²) >= 11 is 0. The van der Waals surface area contributed by atoms with Crippen LogP contribution in [0.5, 0.6) is 0 Å². The number of aliphatic imine (C=N–C) groups is 1. The summed E-state index contributed by atoms with van der Waals surface area (Å²) in [6.45, 7) is 3.75. The number of aliphatic carboxylic acids is 2. The summed E-state index contributed by atoms with van der Waals surface area (Å²) in [7, 11) is 0. The number of guanidine groups is 1. The molecule has 4 unspecified atom stereocenters. The van der Waals surface area contributed by atoms with Gasteiger partial charge in [0, 0.05) is 19.5 Å². The quantitative estimate of drug-likeness (QED) is 0.0781. The van der Waals surface area contributed by atoms with Gasteiger partial charge < -0.3 is 42.9 Å². The van der Waals surface area contributed by atoms with Crippen LogP contribution in [-0.2, 0) is 24.0 Å². The van der Waals surface area contributed by atoms with Gasteiger partial charge in [-0.25, -0.2) is 4.79 Å². The molecule has 0 aromatic carbocycles. The number of hydrogen-bond acceptors (Lipinski definition) is 7. The third-order valence-corrected chi connectivity index (χ3v) is 5.63. The molecular formula is C21H37N7O7. The van der Waals surface area contributed by atoms with E-state index in [1.807, 2.05) is 0 Å². The third kappa shape index (κ3) is 9.76. The molecule has 0 radical (unpaired) electrons. The number of hydrogen-bond donors (Lipinski definition) is 7. The van der Waals surface area contributed by atoms with E-state index >= 15 is 0 Å². The Morgan fingerprint density at radius 3 is 2.29 bits per heavy atom. The summed E-state index contributed by atoms with van der Waals surface area (Å²) in [4.78, 5) is 66.1. The van der Waals surface area contributed by atoms with E-state index in [0.29, 0.717) is 19.3 Å². The van der Waals surface area contributed by atoms with Crippen LogP contribution in [0.1, 0.15) is 52.4 Å². The van der Waals surface area contributed by atoms with Crippen LogP contribution in [0.15, 0.2) is 4.99 Å². The van der Waals surface area contributed by atoms with Gasteiger partial charge >= 0.3 is 11.9 Å². The second-order valence-corrected chi connectivity index (χ2v) is 8.81. The van der Waals surface area contributed by atoms with Crippen LogP contribution in [0.4, 0.5) is 0 Å². The Morgan fingerprint density at radius 2 is 1.74 bits per heavy atom. The summed E-state index contributed by atoms with van der Waals surface area (Å²) in [6.07, 6.45) is 0.970. The van der Waals surface area contributed by atoms with Crippen LogP contribution in [-0.4, -0.2) is 88.0 Å². The van der Waals surface area contributed by atoms with Crippen molar-refractivity contribution in [3.05, 3.63) is 0 Å². The molecule has 1 rings (SSSR count). The predicted octanol–water partition coefficient (Wildman–Crippen LogP) is -2.07. The number of carboxylic acid groups (broad SMARTS) is 2. The van der Waals surface area contributed by atoms with Crippen molar-refractivity contribution in [3.63, 3.8) is 0 Å². The van der Waals surface area contributed by atoms with Gasteiger partial charge in [0.2, 0.25) is 17.7 Å². The van der Waals surface area contributed by atoms with E-state index in [1.54, 1.807) is 13.8 Å². The lowest BCUT2D eigenvalue weighted by molar-refractivity contribution is -0.144. The van der Waals surface area contributed by atoms with Crippen molar-refractivity contribution in [2.45, 2.75) is 76.5 Å². The smallest absolute Gasteiger partial charge is 0.326 e. The molecule has 1 aliphatic heterocycles. The Morgan fingerprint density at radius 1 is 1.09 bits per heavy atom. The number of likely N-dealkylation sites (tertiary alicyclic amines) is 1. The minimum atomic E-state index is -1.21. The van der Waals surface area contributed by atoms with Gasteiger partial charge in [0.1, 0.15) is 18.1 Å². The average Bonchev–Trinajstić information content (AvgIpc) is 3.26. The SMILES string of the molecule is CC(C)C(NC(=O)C(CCCN=C(N)N)NC(=O)C1CCCN1C(=O)C(N)CCC(=O)O)C(=O)O. The van der Waals surface area contributed by atoms with Gasteiger partial charge in [-0.3, -0.25) is 24.2 Å². The molecule has 0 bridgehead atoms. The van der Waals surface area contributed by atoms with Crippen molar-refractivity contribution in [1.29, 1.82) is 0 Å². The minimum Gasteiger partial charge on any atom is -0.481 e. The molecule has 1 saturated heterocycles. The van der Waals surface area contributed by atoms with Gasteiger partial charge in [0.05, 0.1) is 6.04 Å². The van der Waals surface area contributed by atoms with Gasteiger partial charge in [-0.2, -0.15) is 0 Å². The van der Waals surface area contributed by atoms with E-state index in [-0.39, 0.29) is 38.3 Å². The molecule has 198 valence electrons. The molecule has 14 heteroatoms. The fraction of sp³-hybridized carbons (Fsp3) is 0.714. The van der Waals surface area contributed by atoms with Gasteiger partial charge in [-0.05, 0) is 38.0 Å². The van der Waals surface area contributed by atoms with Gasteiger partial charge in [0.25, 0.3) is 0 Å². The van der Waals surface area contributed by atoms with E-state index in [4.69, 9.17) is 22.3 Å². The standard InChI is InChI=1S/C21H37N7O7/c1-11(2)16(20(34)35)27-17(31)13(5-3-9-25-21(23)24)26-18(32)14-6-4-10-28(14)19(33)12(22)7-8-15(29)30/h11-14,16H,3-10,22H2,1-2H3,(H,26,32)(H,27,31)(H,29,30)(H,34,35)(H4,23,24,25). The maximum atomic E-state index is 13.1. The van der Waals surface area contributed by atoms with Gasteiger partial charge in [-0.15, -0.1) is 0 Å². The lowest BCUT2D eigenvalue weighted by atomic mass is 10.0. The zero-order valence-electron chi connectivity index (χ0n) is 20.1. The summed E-state index contributed by atoms with van der Waals surface area (Å²) in [5, 5.41) is 23.3. The Labute approximate surface area is 203 Å². The van der Waals surface area contributed by atoms with E-state index in [2.05, 4.69) is 15.6 Å². The van der Waals surface area contributed by atoms with Crippen molar-refractivity contribution in [3.8, 4) is 0 Å². The van der Waals surface area contributed by atoms with E-state index < -0.39 is 59.7 Å². The van der Waals surface area contributed by atoms with Crippen LogP contribution in [0, 0.1) is 5.92 Å². The first kappa shape index (κ1) is 29.6. The first-order valence-corrected chi connectivity index (χ1v) is 11.5. The highest BCUT2D eigenvalue weighted by molar-refractivity contribution is 5.94. The number of nitrogens with zero attached hydrogens (tertiary/aromatic N) is 2. The average molecular weight is 500 g/mol. The molecule has 0 aliphatic carbocycles. The molecule has 4 atom stereocenters. The van der Waals surface area contributed by atoms with Crippen LogP contribution < -0.4 is 27.8 Å². The summed E-state index contributed by atoms with van der Waals surface area (Å²) in [5.74, 6) is -4.62. The molecule has 1 aliphatic rings. The molecule has 1 fully saturated rings. The van der Waals surface area contributed by atoms with E-state index in [9.17, 15) is 29.1 Å². The molecule has 35 heavy (non-hydrogen) atoms. The zero-order valence-corrected chi connectivity index (χ0v) is 20.1. The first-order valence-electron chi connectivity index (χ1n) is 11.5. The largest absolute Gasteiger partial charge is 0.481 e. The highest BCUT2D eigenvalue weighted by Gasteiger charge is 2.38. The minimum absolute atomic E-state index is 0.0688. The number of carbonyl (C=O) groups excluding carboxylic acids is 3. The van der Waals surface area contributed by atoms with E-state index in [1.165, 1.54) is 4.90 Å². The molecule has 3 amide bonds. The second-order valence-electron chi connectivity index (χ2n) is 8.81. The Balaban J connectivity index is 2.94. The number of nitrogens with one attached hydrogen (secondary N) is 2. The number of carbonyl (C=O) groups is 5. The number of carboxylic acids is 2. The first-order chi connectivity index (χ1) is 16.3. The molecule has 0 saturated carbocycles. The van der Waals surface area contributed by atoms with Crippen LogP contribution >= 0.6 is 0 Å². The van der Waals surface area contributed by atoms with Crippen molar-refractivity contribution in [2.24, 2.45) is 28.1 Å². The highest BCUT2D eigenvalue weighted by atomic mass is 16.4. The molecule has 0 aromatic heterocycles. The molecule has 0 aromatic rings. The second kappa shape index (κ2) is 14.1. The van der Waals surface area contributed by atoms with Crippen molar-refractivity contribution in [2.75, 3.05) is 13.1 Å². The predicted molar refractivity (Wildman–Crippen MR) is 126 cm³/mol. The van der Waals surface area contributed by atoms with Crippen molar-refractivity contribution >= 4 is 35.6 Å². The lowest BCUT2D eigenvalue weighted by Gasteiger charge is -2.29. The monoisotopic (exact) mass is 499 g/mol. The maximum absolute atomic E-state index is 13.1. The fourth-order valence-electron chi connectivity index (χ4n) is 3.73. The molecule has 1 heterocycles. The highest BCUT2D eigenvalue weighted by Crippen LogP contribution is 2.20. The molecule has 0 spiro atoms. The topological polar surface area (TPSA) is 244 Å². The van der Waals surface area contributed by atoms with E-state index in [0.717, 1.165) is 0 Å². The van der Waals surface area contributed by atoms with Crippen LogP contribution in [0.3, 0.4) is 0 Å². The maximum Gasteiger partial charge on any atom is 0.326 e. The van der Waals surface area contributed by atoms with Crippen LogP contribution in [0.25, 0.3) is 0 Å². The number of nitrogens with two attached hydrogens (primary N) is 3. The summed E-state index contributed by atoms with van der Waals surface area (Å²) in [6, 6.07) is -4.20. The van der Waals surface area contributed by atoms with Crippen molar-refractivity contribution in [1.82, 2.24) is 15.5 Å².